The summed E-state index contributed by atoms with van der Waals surface area (Å²) >= 11 is 0. The third kappa shape index (κ3) is 2.81. The van der Waals surface area contributed by atoms with E-state index in [1.54, 1.807) is 0 Å². The molecule has 17 heavy (non-hydrogen) atoms. The van der Waals surface area contributed by atoms with E-state index >= 15 is 0 Å². The molecule has 1 saturated carbocycles. The molecule has 3 fully saturated rings. The van der Waals surface area contributed by atoms with Crippen molar-refractivity contribution in [2.45, 2.75) is 31.4 Å². The number of hydrogen-bond acceptors (Lipinski definition) is 4. The lowest BCUT2D eigenvalue weighted by Crippen LogP contribution is -2.61. The zero-order chi connectivity index (χ0) is 11.7. The number of hydrogen-bond donors (Lipinski definition) is 1. The molecule has 4 nitrogen and oxygen atoms in total. The highest BCUT2D eigenvalue weighted by Crippen LogP contribution is 2.40. The van der Waals surface area contributed by atoms with Crippen molar-refractivity contribution >= 4 is 0 Å². The van der Waals surface area contributed by atoms with Crippen LogP contribution in [0.5, 0.6) is 0 Å². The normalized spacial score (nSPS) is 40.4. The molecule has 0 bridgehead atoms. The van der Waals surface area contributed by atoms with Gasteiger partial charge in [0.1, 0.15) is 0 Å². The predicted octanol–water partition coefficient (Wildman–Crippen LogP) is 0.476. The topological polar surface area (TPSA) is 33.7 Å². The van der Waals surface area contributed by atoms with E-state index < -0.39 is 0 Å². The second-order valence-corrected chi connectivity index (χ2v) is 5.92. The van der Waals surface area contributed by atoms with Gasteiger partial charge < -0.3 is 14.8 Å². The van der Waals surface area contributed by atoms with Crippen molar-refractivity contribution in [3.8, 4) is 0 Å². The molecule has 2 saturated heterocycles. The SMILES string of the molecule is CC1(C2CC2)CN(CC2COCCO2)CCN1. The monoisotopic (exact) mass is 240 g/mol. The maximum atomic E-state index is 5.74. The van der Waals surface area contributed by atoms with Crippen LogP contribution in [0.4, 0.5) is 0 Å². The number of nitrogens with one attached hydrogen (secondary N) is 1. The molecule has 2 aliphatic heterocycles. The minimum Gasteiger partial charge on any atom is -0.376 e. The van der Waals surface area contributed by atoms with E-state index in [0.717, 1.165) is 51.9 Å². The molecule has 0 spiro atoms. The van der Waals surface area contributed by atoms with Gasteiger partial charge in [0, 0.05) is 31.7 Å². The summed E-state index contributed by atoms with van der Waals surface area (Å²) in [5.74, 6) is 0.897. The van der Waals surface area contributed by atoms with Crippen LogP contribution in [-0.2, 0) is 9.47 Å². The molecule has 0 aromatic heterocycles. The molecule has 2 atom stereocenters. The van der Waals surface area contributed by atoms with Crippen molar-refractivity contribution < 1.29 is 9.47 Å². The predicted molar refractivity (Wildman–Crippen MR) is 66.1 cm³/mol. The molecule has 1 aliphatic carbocycles. The van der Waals surface area contributed by atoms with Crippen LogP contribution in [0.25, 0.3) is 0 Å². The highest BCUT2D eigenvalue weighted by Gasteiger charge is 2.44. The van der Waals surface area contributed by atoms with Crippen LogP contribution in [0.2, 0.25) is 0 Å². The summed E-state index contributed by atoms with van der Waals surface area (Å²) in [5.41, 5.74) is 0.341. The van der Waals surface area contributed by atoms with Gasteiger partial charge >= 0.3 is 0 Å². The number of nitrogens with zero attached hydrogens (tertiary/aromatic N) is 1. The van der Waals surface area contributed by atoms with E-state index in [9.17, 15) is 0 Å². The van der Waals surface area contributed by atoms with Gasteiger partial charge in [0.25, 0.3) is 0 Å². The van der Waals surface area contributed by atoms with E-state index in [2.05, 4.69) is 17.1 Å². The molecule has 2 heterocycles. The summed E-state index contributed by atoms with van der Waals surface area (Å²) in [5, 5.41) is 3.71. The Hall–Kier alpha value is -0.160. The van der Waals surface area contributed by atoms with Crippen molar-refractivity contribution in [3.63, 3.8) is 0 Å². The second kappa shape index (κ2) is 4.84. The highest BCUT2D eigenvalue weighted by molar-refractivity contribution is 5.02. The van der Waals surface area contributed by atoms with E-state index in [1.807, 2.05) is 0 Å². The van der Waals surface area contributed by atoms with Crippen molar-refractivity contribution in [1.82, 2.24) is 10.2 Å². The van der Waals surface area contributed by atoms with Crippen LogP contribution in [0.15, 0.2) is 0 Å². The first kappa shape index (κ1) is 11.9. The van der Waals surface area contributed by atoms with Crippen LogP contribution < -0.4 is 5.32 Å². The fourth-order valence-corrected chi connectivity index (χ4v) is 3.18. The number of rotatable bonds is 3. The standard InChI is InChI=1S/C13H24N2O2/c1-13(11-2-3-11)10-15(5-4-14-13)8-12-9-16-6-7-17-12/h11-12,14H,2-10H2,1H3. The number of piperazine rings is 1. The van der Waals surface area contributed by atoms with E-state index in [1.165, 1.54) is 12.8 Å². The average Bonchev–Trinajstić information content (AvgIpc) is 3.14. The highest BCUT2D eigenvalue weighted by atomic mass is 16.6. The first-order chi connectivity index (χ1) is 8.26. The van der Waals surface area contributed by atoms with Gasteiger partial charge in [-0.05, 0) is 25.7 Å². The van der Waals surface area contributed by atoms with Gasteiger partial charge in [0.2, 0.25) is 0 Å². The molecule has 4 heteroatoms. The maximum Gasteiger partial charge on any atom is 0.0936 e. The first-order valence-corrected chi connectivity index (χ1v) is 6.93. The summed E-state index contributed by atoms with van der Waals surface area (Å²) in [6, 6.07) is 0. The molecule has 0 aromatic carbocycles. The van der Waals surface area contributed by atoms with E-state index in [4.69, 9.17) is 9.47 Å². The summed E-state index contributed by atoms with van der Waals surface area (Å²) in [7, 11) is 0. The Morgan fingerprint density at radius 3 is 2.94 bits per heavy atom. The van der Waals surface area contributed by atoms with Gasteiger partial charge in [0.15, 0.2) is 0 Å². The minimum absolute atomic E-state index is 0.283. The maximum absolute atomic E-state index is 5.74. The largest absolute Gasteiger partial charge is 0.376 e. The fraction of sp³-hybridized carbons (Fsp3) is 1.00. The summed E-state index contributed by atoms with van der Waals surface area (Å²) < 4.78 is 11.2. The third-order valence-corrected chi connectivity index (χ3v) is 4.33. The van der Waals surface area contributed by atoms with Crippen molar-refractivity contribution in [3.05, 3.63) is 0 Å². The fourth-order valence-electron chi connectivity index (χ4n) is 3.18. The van der Waals surface area contributed by atoms with Gasteiger partial charge in [-0.15, -0.1) is 0 Å². The molecule has 98 valence electrons. The average molecular weight is 240 g/mol. The molecular weight excluding hydrogens is 216 g/mol. The molecule has 1 N–H and O–H groups in total. The van der Waals surface area contributed by atoms with E-state index in [-0.39, 0.29) is 6.10 Å². The molecule has 0 aromatic rings. The molecule has 0 radical (unpaired) electrons. The van der Waals surface area contributed by atoms with Gasteiger partial charge in [-0.1, -0.05) is 0 Å². The van der Waals surface area contributed by atoms with Crippen LogP contribution >= 0.6 is 0 Å². The van der Waals surface area contributed by atoms with Crippen LogP contribution in [0.1, 0.15) is 19.8 Å². The Morgan fingerprint density at radius 2 is 2.24 bits per heavy atom. The lowest BCUT2D eigenvalue weighted by atomic mass is 9.93. The first-order valence-electron chi connectivity index (χ1n) is 6.93. The zero-order valence-electron chi connectivity index (χ0n) is 10.8. The Kier molecular flexibility index (Phi) is 3.39. The van der Waals surface area contributed by atoms with Gasteiger partial charge in [-0.3, -0.25) is 4.90 Å². The second-order valence-electron chi connectivity index (χ2n) is 5.92. The van der Waals surface area contributed by atoms with Gasteiger partial charge in [-0.25, -0.2) is 0 Å². The quantitative estimate of drug-likeness (QED) is 0.778. The molecular formula is C13H24N2O2. The Bertz CT molecular complexity index is 264. The molecule has 2 unspecified atom stereocenters. The van der Waals surface area contributed by atoms with Crippen molar-refractivity contribution in [2.24, 2.45) is 5.92 Å². The lowest BCUT2D eigenvalue weighted by Gasteiger charge is -2.43. The van der Waals surface area contributed by atoms with Crippen LogP contribution in [0, 0.1) is 5.92 Å². The number of ether oxygens (including phenoxy) is 2. The van der Waals surface area contributed by atoms with Crippen LogP contribution in [0.3, 0.4) is 0 Å². The van der Waals surface area contributed by atoms with Crippen molar-refractivity contribution in [2.75, 3.05) is 46.0 Å². The van der Waals surface area contributed by atoms with Crippen LogP contribution in [-0.4, -0.2) is 62.5 Å². The zero-order valence-corrected chi connectivity index (χ0v) is 10.8. The Balaban J connectivity index is 1.52. The minimum atomic E-state index is 0.283. The molecule has 3 aliphatic rings. The summed E-state index contributed by atoms with van der Waals surface area (Å²) in [6.45, 7) is 9.12. The van der Waals surface area contributed by atoms with E-state index in [0.29, 0.717) is 5.54 Å². The molecule has 3 rings (SSSR count). The Morgan fingerprint density at radius 1 is 1.35 bits per heavy atom. The van der Waals surface area contributed by atoms with Gasteiger partial charge in [-0.2, -0.15) is 0 Å². The van der Waals surface area contributed by atoms with Crippen molar-refractivity contribution in [1.29, 1.82) is 0 Å². The third-order valence-electron chi connectivity index (χ3n) is 4.33. The molecule has 0 amide bonds. The van der Waals surface area contributed by atoms with Gasteiger partial charge in [0.05, 0.1) is 25.9 Å². The summed E-state index contributed by atoms with van der Waals surface area (Å²) in [6.07, 6.45) is 3.09. The Labute approximate surface area is 104 Å². The summed E-state index contributed by atoms with van der Waals surface area (Å²) in [4.78, 5) is 2.55. The lowest BCUT2D eigenvalue weighted by molar-refractivity contribution is -0.101. The smallest absolute Gasteiger partial charge is 0.0936 e.